The molecule has 1 heterocycles. The van der Waals surface area contributed by atoms with Gasteiger partial charge in [-0.25, -0.2) is 18.8 Å². The number of piperazine rings is 1. The van der Waals surface area contributed by atoms with E-state index < -0.39 is 11.9 Å². The van der Waals surface area contributed by atoms with Gasteiger partial charge < -0.3 is 25.2 Å². The molecule has 3 atom stereocenters. The lowest BCUT2D eigenvalue weighted by atomic mass is 10.0. The summed E-state index contributed by atoms with van der Waals surface area (Å²) < 4.78 is 14.1. The SMILES string of the molecule is CCNC(=O)N1CC(C)[N@@+](CCCC=O)(c2ccc(F)cc2)C[C@H]1C.O=C(O)C(=O)O. The Morgan fingerprint density at radius 2 is 1.77 bits per heavy atom. The lowest BCUT2D eigenvalue weighted by Crippen LogP contribution is -2.70. The van der Waals surface area contributed by atoms with Crippen LogP contribution in [-0.2, 0) is 14.4 Å². The van der Waals surface area contributed by atoms with Gasteiger partial charge in [0.15, 0.2) is 0 Å². The fourth-order valence-electron chi connectivity index (χ4n) is 3.90. The van der Waals surface area contributed by atoms with Gasteiger partial charge in [0.25, 0.3) is 0 Å². The van der Waals surface area contributed by atoms with Crippen LogP contribution in [0.4, 0.5) is 14.9 Å². The lowest BCUT2D eigenvalue weighted by molar-refractivity contribution is -0.159. The van der Waals surface area contributed by atoms with Gasteiger partial charge in [-0.3, -0.25) is 4.48 Å². The Balaban J connectivity index is 0.000000703. The summed E-state index contributed by atoms with van der Waals surface area (Å²) in [6.07, 6.45) is 2.24. The number of nitrogens with one attached hydrogen (secondary N) is 1. The molecule has 1 saturated heterocycles. The molecule has 0 aliphatic carbocycles. The second kappa shape index (κ2) is 12.0. The highest BCUT2D eigenvalue weighted by atomic mass is 19.1. The lowest BCUT2D eigenvalue weighted by Gasteiger charge is -2.51. The van der Waals surface area contributed by atoms with E-state index in [2.05, 4.69) is 19.2 Å². The maximum absolute atomic E-state index is 13.4. The van der Waals surface area contributed by atoms with Crippen molar-refractivity contribution in [2.75, 3.05) is 26.2 Å². The van der Waals surface area contributed by atoms with Gasteiger partial charge >= 0.3 is 18.0 Å². The van der Waals surface area contributed by atoms with Crippen LogP contribution in [0.1, 0.15) is 33.6 Å². The molecular weight excluding hydrogens is 409 g/mol. The molecule has 9 nitrogen and oxygen atoms in total. The number of carbonyl (C=O) groups is 4. The number of nitrogens with zero attached hydrogens (tertiary/aromatic N) is 2. The summed E-state index contributed by atoms with van der Waals surface area (Å²) in [5, 5.41) is 17.7. The van der Waals surface area contributed by atoms with Crippen LogP contribution in [0.25, 0.3) is 0 Å². The molecule has 1 fully saturated rings. The number of aldehydes is 1. The van der Waals surface area contributed by atoms with Gasteiger partial charge in [0.05, 0.1) is 19.1 Å². The summed E-state index contributed by atoms with van der Waals surface area (Å²) in [7, 11) is 0. The average Bonchev–Trinajstić information content (AvgIpc) is 2.71. The molecule has 0 spiro atoms. The predicted molar refractivity (Wildman–Crippen MR) is 113 cm³/mol. The molecule has 1 aliphatic rings. The number of halogens is 1. The number of rotatable bonds is 6. The summed E-state index contributed by atoms with van der Waals surface area (Å²) in [5.74, 6) is -3.90. The van der Waals surface area contributed by atoms with E-state index >= 15 is 0 Å². The molecule has 0 radical (unpaired) electrons. The highest BCUT2D eigenvalue weighted by Crippen LogP contribution is 2.33. The molecule has 1 aromatic rings. The largest absolute Gasteiger partial charge is 0.473 e. The minimum absolute atomic E-state index is 0.0355. The summed E-state index contributed by atoms with van der Waals surface area (Å²) in [6.45, 7) is 8.88. The Kier molecular flexibility index (Phi) is 10.1. The van der Waals surface area contributed by atoms with Crippen molar-refractivity contribution in [3.63, 3.8) is 0 Å². The first-order valence-corrected chi connectivity index (χ1v) is 10.2. The number of quaternary nitrogens is 1. The van der Waals surface area contributed by atoms with Gasteiger partial charge in [0, 0.05) is 31.5 Å². The zero-order valence-electron chi connectivity index (χ0n) is 18.1. The van der Waals surface area contributed by atoms with E-state index in [1.807, 2.05) is 24.0 Å². The molecule has 10 heteroatoms. The zero-order valence-corrected chi connectivity index (χ0v) is 18.1. The molecular formula is C21H31FN3O6+. The molecule has 3 N–H and O–H groups in total. The number of carbonyl (C=O) groups excluding carboxylic acids is 2. The van der Waals surface area contributed by atoms with Crippen LogP contribution in [0.3, 0.4) is 0 Å². The highest BCUT2D eigenvalue weighted by molar-refractivity contribution is 6.27. The summed E-state index contributed by atoms with van der Waals surface area (Å²) in [6, 6.07) is 6.83. The predicted octanol–water partition coefficient (Wildman–Crippen LogP) is 2.09. The van der Waals surface area contributed by atoms with E-state index in [1.165, 1.54) is 12.1 Å². The van der Waals surface area contributed by atoms with Crippen molar-refractivity contribution in [2.45, 2.75) is 45.7 Å². The molecule has 0 aromatic heterocycles. The van der Waals surface area contributed by atoms with E-state index in [9.17, 15) is 14.0 Å². The maximum atomic E-state index is 13.4. The van der Waals surface area contributed by atoms with Crippen molar-refractivity contribution in [1.29, 1.82) is 0 Å². The Morgan fingerprint density at radius 1 is 1.19 bits per heavy atom. The average molecular weight is 440 g/mol. The quantitative estimate of drug-likeness (QED) is 0.269. The third-order valence-electron chi connectivity index (χ3n) is 5.42. The smallest absolute Gasteiger partial charge is 0.414 e. The van der Waals surface area contributed by atoms with Crippen LogP contribution in [0.15, 0.2) is 24.3 Å². The van der Waals surface area contributed by atoms with Crippen LogP contribution in [-0.4, -0.2) is 77.6 Å². The second-order valence-electron chi connectivity index (χ2n) is 7.52. The molecule has 1 unspecified atom stereocenters. The van der Waals surface area contributed by atoms with Crippen LogP contribution in [0.5, 0.6) is 0 Å². The number of carboxylic acids is 2. The van der Waals surface area contributed by atoms with Gasteiger partial charge in [-0.2, -0.15) is 0 Å². The summed E-state index contributed by atoms with van der Waals surface area (Å²) in [4.78, 5) is 43.2. The molecule has 0 bridgehead atoms. The molecule has 172 valence electrons. The fourth-order valence-corrected chi connectivity index (χ4v) is 3.90. The Labute approximate surface area is 181 Å². The van der Waals surface area contributed by atoms with E-state index in [-0.39, 0.29) is 23.9 Å². The highest BCUT2D eigenvalue weighted by Gasteiger charge is 2.45. The van der Waals surface area contributed by atoms with Gasteiger partial charge in [-0.1, -0.05) is 0 Å². The zero-order chi connectivity index (χ0) is 23.6. The van der Waals surface area contributed by atoms with E-state index in [4.69, 9.17) is 19.8 Å². The van der Waals surface area contributed by atoms with Crippen LogP contribution in [0.2, 0.25) is 0 Å². The Bertz CT molecular complexity index is 761. The van der Waals surface area contributed by atoms with E-state index in [1.54, 1.807) is 0 Å². The normalized spacial score (nSPS) is 22.6. The van der Waals surface area contributed by atoms with Crippen molar-refractivity contribution in [3.05, 3.63) is 30.1 Å². The third kappa shape index (κ3) is 7.02. The van der Waals surface area contributed by atoms with Crippen LogP contribution in [0, 0.1) is 5.82 Å². The maximum Gasteiger partial charge on any atom is 0.414 e. The monoisotopic (exact) mass is 440 g/mol. The third-order valence-corrected chi connectivity index (χ3v) is 5.42. The second-order valence-corrected chi connectivity index (χ2v) is 7.52. The first-order valence-electron chi connectivity index (χ1n) is 10.2. The molecule has 0 saturated carbocycles. The number of unbranched alkanes of at least 4 members (excludes halogenated alkanes) is 1. The number of hydrogen-bond donors (Lipinski definition) is 3. The van der Waals surface area contributed by atoms with Crippen molar-refractivity contribution < 1.29 is 33.8 Å². The summed E-state index contributed by atoms with van der Waals surface area (Å²) in [5.41, 5.74) is 1.04. The number of carboxylic acid groups (broad SMARTS) is 2. The first-order chi connectivity index (χ1) is 14.6. The van der Waals surface area contributed by atoms with Gasteiger partial charge in [-0.15, -0.1) is 0 Å². The van der Waals surface area contributed by atoms with Crippen LogP contribution < -0.4 is 9.80 Å². The topological polar surface area (TPSA) is 124 Å². The molecule has 1 aliphatic heterocycles. The number of hydrogen-bond acceptors (Lipinski definition) is 4. The van der Waals surface area contributed by atoms with Crippen molar-refractivity contribution >= 4 is 29.9 Å². The molecule has 2 rings (SSSR count). The minimum atomic E-state index is -1.82. The molecule has 1 aromatic carbocycles. The fraction of sp³-hybridized carbons (Fsp3) is 0.524. The van der Waals surface area contributed by atoms with Crippen LogP contribution >= 0.6 is 0 Å². The standard InChI is InChI=1S/C19H28FN3O2.C2H2O4/c1-4-21-19(25)22-13-16(3)23(14-15(22)2,11-5-6-12-24)18-9-7-17(20)8-10-18;3-1(4)2(5)6/h7-10,12,15-16H,4-6,11,13-14H2,1-3H3;(H,3,4)(H,5,6)/p+1/t15-,16?,23+;/m1./s1. The van der Waals surface area contributed by atoms with E-state index in [0.717, 1.165) is 31.5 Å². The Morgan fingerprint density at radius 3 is 2.26 bits per heavy atom. The number of aliphatic carboxylic acids is 2. The number of benzene rings is 1. The Hall–Kier alpha value is -3.01. The van der Waals surface area contributed by atoms with Crippen molar-refractivity contribution in [3.8, 4) is 0 Å². The summed E-state index contributed by atoms with van der Waals surface area (Å²) >= 11 is 0. The molecule has 31 heavy (non-hydrogen) atoms. The molecule has 2 amide bonds. The van der Waals surface area contributed by atoms with Gasteiger partial charge in [0.1, 0.15) is 30.4 Å². The van der Waals surface area contributed by atoms with Crippen molar-refractivity contribution in [1.82, 2.24) is 14.7 Å². The van der Waals surface area contributed by atoms with Gasteiger partial charge in [0.2, 0.25) is 0 Å². The minimum Gasteiger partial charge on any atom is -0.473 e. The number of urea groups is 1. The number of amides is 2. The van der Waals surface area contributed by atoms with Crippen molar-refractivity contribution in [2.24, 2.45) is 0 Å². The van der Waals surface area contributed by atoms with Gasteiger partial charge in [-0.05, 0) is 32.9 Å². The first kappa shape index (κ1) is 26.0. The van der Waals surface area contributed by atoms with E-state index in [0.29, 0.717) is 24.0 Å².